The predicted molar refractivity (Wildman–Crippen MR) is 109 cm³/mol. The maximum Gasteiger partial charge on any atom is 0.326 e. The van der Waals surface area contributed by atoms with Crippen molar-refractivity contribution in [2.45, 2.75) is 33.8 Å². The number of para-hydroxylation sites is 1. The van der Waals surface area contributed by atoms with E-state index in [1.54, 1.807) is 36.4 Å². The third-order valence-corrected chi connectivity index (χ3v) is 4.40. The average molecular weight is 396 g/mol. The quantitative estimate of drug-likeness (QED) is 0.554. The normalized spacial score (nSPS) is 11.3. The third-order valence-electron chi connectivity index (χ3n) is 4.40. The van der Waals surface area contributed by atoms with Gasteiger partial charge in [-0.15, -0.1) is 0 Å². The largest absolute Gasteiger partial charge is 0.451 e. The maximum atomic E-state index is 12.3. The van der Waals surface area contributed by atoms with E-state index in [2.05, 4.69) is 10.6 Å². The van der Waals surface area contributed by atoms with Crippen molar-refractivity contribution in [3.8, 4) is 0 Å². The number of ether oxygens (including phenoxy) is 1. The van der Waals surface area contributed by atoms with Gasteiger partial charge < -0.3 is 15.4 Å². The highest BCUT2D eigenvalue weighted by molar-refractivity contribution is 6.04. The molecule has 0 radical (unpaired) electrons. The molecule has 2 aromatic rings. The Hall–Kier alpha value is -3.48. The second kappa shape index (κ2) is 9.64. The van der Waals surface area contributed by atoms with Crippen molar-refractivity contribution in [1.29, 1.82) is 0 Å². The molecule has 0 spiro atoms. The molecule has 0 aliphatic carbocycles. The van der Waals surface area contributed by atoms with E-state index in [0.717, 1.165) is 11.1 Å². The summed E-state index contributed by atoms with van der Waals surface area (Å²) in [4.78, 5) is 48.0. The van der Waals surface area contributed by atoms with Crippen LogP contribution in [0, 0.1) is 13.8 Å². The standard InChI is InChI=1S/C22H24N2O5/c1-13-9-10-17(11-14(13)2)22(28)23-12-20(26)29-16(4)21(27)24-19-8-6-5-7-18(19)15(3)25/h5-11,16H,12H2,1-4H3,(H,23,28)(H,24,27)/t16-/m0/s1. The topological polar surface area (TPSA) is 102 Å². The number of aryl methyl sites for hydroxylation is 2. The minimum absolute atomic E-state index is 0.195. The summed E-state index contributed by atoms with van der Waals surface area (Å²) in [7, 11) is 0. The number of esters is 1. The van der Waals surface area contributed by atoms with Crippen molar-refractivity contribution >= 4 is 29.3 Å². The van der Waals surface area contributed by atoms with Crippen LogP contribution in [0.25, 0.3) is 0 Å². The number of benzene rings is 2. The Morgan fingerprint density at radius 3 is 2.34 bits per heavy atom. The number of rotatable bonds is 7. The highest BCUT2D eigenvalue weighted by Crippen LogP contribution is 2.16. The van der Waals surface area contributed by atoms with Gasteiger partial charge in [-0.05, 0) is 63.1 Å². The SMILES string of the molecule is CC(=O)c1ccccc1NC(=O)[C@H](C)OC(=O)CNC(=O)c1ccc(C)c(C)c1. The number of nitrogens with one attached hydrogen (secondary N) is 2. The first kappa shape index (κ1) is 21.8. The molecule has 2 aromatic carbocycles. The lowest BCUT2D eigenvalue weighted by molar-refractivity contribution is -0.152. The van der Waals surface area contributed by atoms with E-state index in [9.17, 15) is 19.2 Å². The van der Waals surface area contributed by atoms with E-state index >= 15 is 0 Å². The highest BCUT2D eigenvalue weighted by atomic mass is 16.5. The lowest BCUT2D eigenvalue weighted by Crippen LogP contribution is -2.36. The summed E-state index contributed by atoms with van der Waals surface area (Å²) in [5.74, 6) is -1.92. The fourth-order valence-corrected chi connectivity index (χ4v) is 2.56. The Morgan fingerprint density at radius 1 is 1.00 bits per heavy atom. The Balaban J connectivity index is 1.88. The predicted octanol–water partition coefficient (Wildman–Crippen LogP) is 2.81. The van der Waals surface area contributed by atoms with Gasteiger partial charge in [0.15, 0.2) is 11.9 Å². The first-order valence-electron chi connectivity index (χ1n) is 9.14. The zero-order valence-corrected chi connectivity index (χ0v) is 16.9. The van der Waals surface area contributed by atoms with Crippen molar-refractivity contribution in [2.75, 3.05) is 11.9 Å². The Labute approximate surface area is 169 Å². The second-order valence-electron chi connectivity index (χ2n) is 6.70. The van der Waals surface area contributed by atoms with Crippen molar-refractivity contribution in [3.05, 3.63) is 64.7 Å². The van der Waals surface area contributed by atoms with Crippen molar-refractivity contribution in [1.82, 2.24) is 5.32 Å². The van der Waals surface area contributed by atoms with Gasteiger partial charge >= 0.3 is 5.97 Å². The third kappa shape index (κ3) is 6.00. The summed E-state index contributed by atoms with van der Waals surface area (Å²) in [6.07, 6.45) is -1.10. The molecule has 152 valence electrons. The van der Waals surface area contributed by atoms with Gasteiger partial charge in [0, 0.05) is 11.1 Å². The zero-order chi connectivity index (χ0) is 21.6. The summed E-state index contributed by atoms with van der Waals surface area (Å²) in [5, 5.41) is 5.05. The van der Waals surface area contributed by atoms with E-state index in [0.29, 0.717) is 16.8 Å². The minimum atomic E-state index is -1.10. The van der Waals surface area contributed by atoms with Crippen molar-refractivity contribution < 1.29 is 23.9 Å². The molecule has 2 rings (SSSR count). The van der Waals surface area contributed by atoms with Gasteiger partial charge in [0.1, 0.15) is 6.54 Å². The lowest BCUT2D eigenvalue weighted by atomic mass is 10.1. The van der Waals surface area contributed by atoms with Crippen LogP contribution in [0.2, 0.25) is 0 Å². The summed E-state index contributed by atoms with van der Waals surface area (Å²) >= 11 is 0. The minimum Gasteiger partial charge on any atom is -0.451 e. The van der Waals surface area contributed by atoms with Crippen LogP contribution < -0.4 is 10.6 Å². The van der Waals surface area contributed by atoms with Crippen LogP contribution in [0.4, 0.5) is 5.69 Å². The summed E-state index contributed by atoms with van der Waals surface area (Å²) in [5.41, 5.74) is 3.17. The number of hydrogen-bond donors (Lipinski definition) is 2. The Bertz CT molecular complexity index is 952. The number of ketones is 1. The van der Waals surface area contributed by atoms with Gasteiger partial charge in [-0.25, -0.2) is 0 Å². The molecule has 0 aromatic heterocycles. The molecule has 0 saturated heterocycles. The molecule has 29 heavy (non-hydrogen) atoms. The Kier molecular flexibility index (Phi) is 7.25. The molecule has 0 aliphatic rings. The van der Waals surface area contributed by atoms with E-state index in [1.807, 2.05) is 19.9 Å². The molecule has 0 bridgehead atoms. The number of carbonyl (C=O) groups excluding carboxylic acids is 4. The molecule has 0 fully saturated rings. The van der Waals surface area contributed by atoms with Gasteiger partial charge in [-0.1, -0.05) is 18.2 Å². The average Bonchev–Trinajstić information content (AvgIpc) is 2.68. The first-order valence-corrected chi connectivity index (χ1v) is 9.14. The number of amides is 2. The van der Waals surface area contributed by atoms with Crippen LogP contribution in [-0.2, 0) is 14.3 Å². The molecule has 2 N–H and O–H groups in total. The summed E-state index contributed by atoms with van der Waals surface area (Å²) in [6.45, 7) is 6.27. The van der Waals surface area contributed by atoms with Crippen LogP contribution in [0.15, 0.2) is 42.5 Å². The molecular formula is C22H24N2O5. The molecule has 7 nitrogen and oxygen atoms in total. The van der Waals surface area contributed by atoms with Crippen LogP contribution >= 0.6 is 0 Å². The van der Waals surface area contributed by atoms with Crippen LogP contribution in [-0.4, -0.2) is 36.2 Å². The molecule has 0 unspecified atom stereocenters. The van der Waals surface area contributed by atoms with Crippen LogP contribution in [0.3, 0.4) is 0 Å². The number of anilines is 1. The molecule has 0 aliphatic heterocycles. The molecule has 7 heteroatoms. The van der Waals surface area contributed by atoms with Crippen LogP contribution in [0.5, 0.6) is 0 Å². The molecule has 2 amide bonds. The van der Waals surface area contributed by atoms with E-state index in [1.165, 1.54) is 13.8 Å². The van der Waals surface area contributed by atoms with Gasteiger partial charge in [-0.2, -0.15) is 0 Å². The number of hydrogen-bond acceptors (Lipinski definition) is 5. The van der Waals surface area contributed by atoms with Gasteiger partial charge in [0.05, 0.1) is 5.69 Å². The zero-order valence-electron chi connectivity index (χ0n) is 16.9. The molecule has 0 heterocycles. The van der Waals surface area contributed by atoms with E-state index in [4.69, 9.17) is 4.74 Å². The molecule has 0 saturated carbocycles. The summed E-state index contributed by atoms with van der Waals surface area (Å²) in [6, 6.07) is 11.8. The Morgan fingerprint density at radius 2 is 1.69 bits per heavy atom. The number of carbonyl (C=O) groups is 4. The fourth-order valence-electron chi connectivity index (χ4n) is 2.56. The van der Waals surface area contributed by atoms with Gasteiger partial charge in [-0.3, -0.25) is 19.2 Å². The van der Waals surface area contributed by atoms with Gasteiger partial charge in [0.25, 0.3) is 11.8 Å². The summed E-state index contributed by atoms with van der Waals surface area (Å²) < 4.78 is 5.06. The second-order valence-corrected chi connectivity index (χ2v) is 6.70. The smallest absolute Gasteiger partial charge is 0.326 e. The fraction of sp³-hybridized carbons (Fsp3) is 0.273. The first-order chi connectivity index (χ1) is 13.7. The molecule has 1 atom stereocenters. The lowest BCUT2D eigenvalue weighted by Gasteiger charge is -2.15. The van der Waals surface area contributed by atoms with E-state index < -0.39 is 23.9 Å². The van der Waals surface area contributed by atoms with Crippen molar-refractivity contribution in [2.24, 2.45) is 0 Å². The van der Waals surface area contributed by atoms with E-state index in [-0.39, 0.29) is 12.3 Å². The number of Topliss-reactive ketones (excluding diaryl/α,β-unsaturated/α-hetero) is 1. The molecular weight excluding hydrogens is 372 g/mol. The van der Waals surface area contributed by atoms with Crippen molar-refractivity contribution in [3.63, 3.8) is 0 Å². The maximum absolute atomic E-state index is 12.3. The monoisotopic (exact) mass is 396 g/mol. The van der Waals surface area contributed by atoms with Gasteiger partial charge in [0.2, 0.25) is 0 Å². The van der Waals surface area contributed by atoms with Crippen LogP contribution in [0.1, 0.15) is 45.7 Å². The highest BCUT2D eigenvalue weighted by Gasteiger charge is 2.20.